The van der Waals surface area contributed by atoms with Gasteiger partial charge < -0.3 is 5.11 Å². The lowest BCUT2D eigenvalue weighted by Gasteiger charge is -2.28. The minimum absolute atomic E-state index is 0.0921. The van der Waals surface area contributed by atoms with Gasteiger partial charge >= 0.3 is 0 Å². The van der Waals surface area contributed by atoms with Crippen LogP contribution in [0.2, 0.25) is 0 Å². The standard InChI is InChI=1S/C13H18N2O2/c1-10-3-5-12(6-4-10)15-13(17)7-8-14(15)9-11(2)16/h3-6,11,16H,7-9H2,1-2H3. The Balaban J connectivity index is 2.21. The van der Waals surface area contributed by atoms with E-state index in [1.165, 1.54) is 5.56 Å². The molecule has 0 saturated carbocycles. The molecule has 2 rings (SSSR count). The molecule has 92 valence electrons. The highest BCUT2D eigenvalue weighted by atomic mass is 16.3. The van der Waals surface area contributed by atoms with Crippen molar-refractivity contribution >= 4 is 11.6 Å². The lowest BCUT2D eigenvalue weighted by molar-refractivity contribution is -0.118. The highest BCUT2D eigenvalue weighted by Gasteiger charge is 2.30. The summed E-state index contributed by atoms with van der Waals surface area (Å²) in [4.78, 5) is 11.9. The third-order valence-electron chi connectivity index (χ3n) is 2.86. The van der Waals surface area contributed by atoms with E-state index in [9.17, 15) is 9.90 Å². The van der Waals surface area contributed by atoms with Gasteiger partial charge in [0, 0.05) is 19.5 Å². The normalized spacial score (nSPS) is 18.8. The maximum Gasteiger partial charge on any atom is 0.242 e. The van der Waals surface area contributed by atoms with E-state index in [4.69, 9.17) is 0 Å². The second-order valence-electron chi connectivity index (χ2n) is 4.55. The van der Waals surface area contributed by atoms with E-state index in [0.29, 0.717) is 19.5 Å². The molecule has 0 bridgehead atoms. The Kier molecular flexibility index (Phi) is 3.45. The molecule has 1 N–H and O–H groups in total. The van der Waals surface area contributed by atoms with Crippen LogP contribution in [-0.4, -0.2) is 35.2 Å². The van der Waals surface area contributed by atoms with E-state index in [-0.39, 0.29) is 5.91 Å². The molecule has 1 atom stereocenters. The van der Waals surface area contributed by atoms with Crippen LogP contribution in [0.3, 0.4) is 0 Å². The first kappa shape index (κ1) is 12.1. The Morgan fingerprint density at radius 2 is 2.00 bits per heavy atom. The van der Waals surface area contributed by atoms with Crippen LogP contribution in [0.25, 0.3) is 0 Å². The number of anilines is 1. The van der Waals surface area contributed by atoms with E-state index in [2.05, 4.69) is 0 Å². The number of aliphatic hydroxyl groups excluding tert-OH is 1. The number of hydrogen-bond acceptors (Lipinski definition) is 3. The number of hydrazine groups is 1. The van der Waals surface area contributed by atoms with Crippen molar-refractivity contribution in [1.29, 1.82) is 0 Å². The van der Waals surface area contributed by atoms with Crippen LogP contribution < -0.4 is 5.01 Å². The second-order valence-corrected chi connectivity index (χ2v) is 4.55. The van der Waals surface area contributed by atoms with Crippen LogP contribution >= 0.6 is 0 Å². The van der Waals surface area contributed by atoms with Crippen molar-refractivity contribution in [3.8, 4) is 0 Å². The molecule has 0 aromatic heterocycles. The Labute approximate surface area is 101 Å². The first-order chi connectivity index (χ1) is 8.08. The van der Waals surface area contributed by atoms with Gasteiger partial charge in [0.1, 0.15) is 0 Å². The van der Waals surface area contributed by atoms with Crippen LogP contribution in [0.4, 0.5) is 5.69 Å². The number of aryl methyl sites for hydroxylation is 1. The number of nitrogens with zero attached hydrogens (tertiary/aromatic N) is 2. The van der Waals surface area contributed by atoms with Gasteiger partial charge in [0.25, 0.3) is 0 Å². The summed E-state index contributed by atoms with van der Waals surface area (Å²) < 4.78 is 0. The van der Waals surface area contributed by atoms with Crippen LogP contribution in [0.15, 0.2) is 24.3 Å². The lowest BCUT2D eigenvalue weighted by Crippen LogP contribution is -2.42. The molecule has 4 heteroatoms. The molecule has 1 fully saturated rings. The molecule has 1 saturated heterocycles. The maximum absolute atomic E-state index is 11.9. The summed E-state index contributed by atoms with van der Waals surface area (Å²) in [5, 5.41) is 13.0. The molecular formula is C13H18N2O2. The van der Waals surface area contributed by atoms with Crippen LogP contribution in [0.5, 0.6) is 0 Å². The number of β-amino-alcohol motifs (C(OH)–C–C–N with tert-alkyl or cyclic N) is 1. The quantitative estimate of drug-likeness (QED) is 0.858. The highest BCUT2D eigenvalue weighted by Crippen LogP contribution is 2.23. The molecule has 1 aliphatic heterocycles. The molecule has 17 heavy (non-hydrogen) atoms. The number of aliphatic hydroxyl groups is 1. The zero-order valence-electron chi connectivity index (χ0n) is 10.3. The summed E-state index contributed by atoms with van der Waals surface area (Å²) in [7, 11) is 0. The Morgan fingerprint density at radius 3 is 2.59 bits per heavy atom. The van der Waals surface area contributed by atoms with E-state index in [0.717, 1.165) is 5.69 Å². The fourth-order valence-electron chi connectivity index (χ4n) is 2.06. The highest BCUT2D eigenvalue weighted by molar-refractivity contribution is 5.94. The number of carbonyl (C=O) groups excluding carboxylic acids is 1. The molecule has 4 nitrogen and oxygen atoms in total. The number of carbonyl (C=O) groups is 1. The molecule has 0 spiro atoms. The van der Waals surface area contributed by atoms with Crippen LogP contribution in [0, 0.1) is 6.92 Å². The molecular weight excluding hydrogens is 216 g/mol. The first-order valence-electron chi connectivity index (χ1n) is 5.90. The SMILES string of the molecule is Cc1ccc(N2C(=O)CCN2CC(C)O)cc1. The summed E-state index contributed by atoms with van der Waals surface area (Å²) in [5.41, 5.74) is 2.04. The maximum atomic E-state index is 11.9. The van der Waals surface area contributed by atoms with E-state index < -0.39 is 6.10 Å². The Morgan fingerprint density at radius 1 is 1.35 bits per heavy atom. The third-order valence-corrected chi connectivity index (χ3v) is 2.86. The van der Waals surface area contributed by atoms with Crippen molar-refractivity contribution in [3.05, 3.63) is 29.8 Å². The average molecular weight is 234 g/mol. The Bertz CT molecular complexity index is 400. The van der Waals surface area contributed by atoms with Crippen molar-refractivity contribution in [2.75, 3.05) is 18.1 Å². The van der Waals surface area contributed by atoms with E-state index >= 15 is 0 Å². The third kappa shape index (κ3) is 2.65. The van der Waals surface area contributed by atoms with Gasteiger partial charge in [0.05, 0.1) is 11.8 Å². The van der Waals surface area contributed by atoms with Gasteiger partial charge in [-0.15, -0.1) is 0 Å². The van der Waals surface area contributed by atoms with Crippen molar-refractivity contribution in [1.82, 2.24) is 5.01 Å². The predicted octanol–water partition coefficient (Wildman–Crippen LogP) is 1.33. The minimum atomic E-state index is -0.436. The second kappa shape index (κ2) is 4.85. The van der Waals surface area contributed by atoms with Gasteiger partial charge in [-0.05, 0) is 26.0 Å². The van der Waals surface area contributed by atoms with Gasteiger partial charge in [-0.3, -0.25) is 4.79 Å². The zero-order valence-corrected chi connectivity index (χ0v) is 10.3. The molecule has 1 aliphatic rings. The number of rotatable bonds is 3. The van der Waals surface area contributed by atoms with Crippen LogP contribution in [-0.2, 0) is 4.79 Å². The number of hydrogen-bond donors (Lipinski definition) is 1. The molecule has 0 aliphatic carbocycles. The molecule has 1 aromatic rings. The topological polar surface area (TPSA) is 43.8 Å². The fraction of sp³-hybridized carbons (Fsp3) is 0.462. The van der Waals surface area contributed by atoms with E-state index in [1.807, 2.05) is 36.2 Å². The minimum Gasteiger partial charge on any atom is -0.392 e. The van der Waals surface area contributed by atoms with Crippen molar-refractivity contribution in [2.24, 2.45) is 0 Å². The Hall–Kier alpha value is -1.39. The van der Waals surface area contributed by atoms with Gasteiger partial charge in [-0.25, -0.2) is 10.0 Å². The number of amides is 1. The van der Waals surface area contributed by atoms with Crippen molar-refractivity contribution in [3.63, 3.8) is 0 Å². The summed E-state index contributed by atoms with van der Waals surface area (Å²) in [6.45, 7) is 4.91. The summed E-state index contributed by atoms with van der Waals surface area (Å²) in [6.07, 6.45) is 0.0782. The molecule has 1 amide bonds. The van der Waals surface area contributed by atoms with E-state index in [1.54, 1.807) is 11.9 Å². The summed E-state index contributed by atoms with van der Waals surface area (Å²) >= 11 is 0. The smallest absolute Gasteiger partial charge is 0.242 e. The first-order valence-corrected chi connectivity index (χ1v) is 5.90. The molecule has 1 aromatic carbocycles. The van der Waals surface area contributed by atoms with Gasteiger partial charge in [0.2, 0.25) is 5.91 Å². The van der Waals surface area contributed by atoms with Crippen molar-refractivity contribution < 1.29 is 9.90 Å². The monoisotopic (exact) mass is 234 g/mol. The molecule has 1 heterocycles. The van der Waals surface area contributed by atoms with Gasteiger partial charge in [-0.2, -0.15) is 0 Å². The molecule has 1 unspecified atom stereocenters. The number of benzene rings is 1. The van der Waals surface area contributed by atoms with Gasteiger partial charge in [-0.1, -0.05) is 17.7 Å². The average Bonchev–Trinajstić information content (AvgIpc) is 2.61. The molecule has 0 radical (unpaired) electrons. The largest absolute Gasteiger partial charge is 0.392 e. The van der Waals surface area contributed by atoms with Crippen LogP contribution in [0.1, 0.15) is 18.9 Å². The summed E-state index contributed by atoms with van der Waals surface area (Å²) in [5.74, 6) is 0.0921. The van der Waals surface area contributed by atoms with Gasteiger partial charge in [0.15, 0.2) is 0 Å². The lowest BCUT2D eigenvalue weighted by atomic mass is 10.2. The summed E-state index contributed by atoms with van der Waals surface area (Å²) in [6, 6.07) is 7.85. The predicted molar refractivity (Wildman–Crippen MR) is 66.5 cm³/mol. The van der Waals surface area contributed by atoms with Crippen molar-refractivity contribution in [2.45, 2.75) is 26.4 Å². The fourth-order valence-corrected chi connectivity index (χ4v) is 2.06. The zero-order chi connectivity index (χ0) is 12.4.